The first-order chi connectivity index (χ1) is 9.47. The van der Waals surface area contributed by atoms with Crippen LogP contribution in [0.1, 0.15) is 42.4 Å². The quantitative estimate of drug-likeness (QED) is 0.889. The van der Waals surface area contributed by atoms with Crippen molar-refractivity contribution in [3.63, 3.8) is 0 Å². The predicted octanol–water partition coefficient (Wildman–Crippen LogP) is 1.11. The Labute approximate surface area is 116 Å². The van der Waals surface area contributed by atoms with Crippen LogP contribution in [0, 0.1) is 0 Å². The van der Waals surface area contributed by atoms with Gasteiger partial charge >= 0.3 is 5.97 Å². The summed E-state index contributed by atoms with van der Waals surface area (Å²) in [5, 5.41) is 12.6. The monoisotopic (exact) mass is 282 g/mol. The first kappa shape index (κ1) is 14.5. The highest BCUT2D eigenvalue weighted by atomic mass is 16.5. The molecule has 0 spiro atoms. The lowest BCUT2D eigenvalue weighted by Crippen LogP contribution is -2.46. The van der Waals surface area contributed by atoms with E-state index in [0.717, 1.165) is 5.69 Å². The van der Waals surface area contributed by atoms with E-state index in [2.05, 4.69) is 5.16 Å². The number of aromatic nitrogens is 1. The molecule has 1 fully saturated rings. The van der Waals surface area contributed by atoms with Crippen LogP contribution < -0.4 is 0 Å². The second kappa shape index (κ2) is 6.04. The lowest BCUT2D eigenvalue weighted by atomic mass is 10.1. The van der Waals surface area contributed by atoms with Crippen LogP contribution >= 0.6 is 0 Å². The number of carbonyl (C=O) groups is 2. The maximum Gasteiger partial charge on any atom is 0.306 e. The lowest BCUT2D eigenvalue weighted by molar-refractivity contribution is -0.141. The molecule has 0 bridgehead atoms. The minimum Gasteiger partial charge on any atom is -0.481 e. The average molecular weight is 282 g/mol. The summed E-state index contributed by atoms with van der Waals surface area (Å²) in [4.78, 5) is 24.5. The van der Waals surface area contributed by atoms with Crippen molar-refractivity contribution >= 4 is 11.9 Å². The van der Waals surface area contributed by atoms with Gasteiger partial charge in [-0.3, -0.25) is 9.59 Å². The molecule has 0 radical (unpaired) electrons. The number of carboxylic acid groups (broad SMARTS) is 1. The Kier molecular flexibility index (Phi) is 4.39. The molecule has 7 nitrogen and oxygen atoms in total. The minimum absolute atomic E-state index is 0.114. The zero-order chi connectivity index (χ0) is 14.7. The summed E-state index contributed by atoms with van der Waals surface area (Å²) in [6.45, 7) is 4.93. The van der Waals surface area contributed by atoms with Gasteiger partial charge in [0, 0.05) is 19.2 Å². The molecular weight excluding hydrogens is 264 g/mol. The van der Waals surface area contributed by atoms with Crippen LogP contribution in [0.25, 0.3) is 0 Å². The van der Waals surface area contributed by atoms with Crippen LogP contribution in [0.2, 0.25) is 0 Å². The van der Waals surface area contributed by atoms with E-state index in [1.807, 2.05) is 13.8 Å². The zero-order valence-corrected chi connectivity index (χ0v) is 11.5. The molecule has 0 aromatic carbocycles. The highest BCUT2D eigenvalue weighted by Gasteiger charge is 2.28. The van der Waals surface area contributed by atoms with Crippen LogP contribution in [-0.2, 0) is 9.53 Å². The molecule has 20 heavy (non-hydrogen) atoms. The number of amides is 1. The number of aliphatic carboxylic acids is 1. The van der Waals surface area contributed by atoms with Crippen LogP contribution in [0.15, 0.2) is 10.6 Å². The van der Waals surface area contributed by atoms with Crippen LogP contribution in [0.4, 0.5) is 0 Å². The molecule has 1 aromatic heterocycles. The summed E-state index contributed by atoms with van der Waals surface area (Å²) in [6, 6.07) is 1.63. The van der Waals surface area contributed by atoms with E-state index in [4.69, 9.17) is 14.4 Å². The summed E-state index contributed by atoms with van der Waals surface area (Å²) >= 11 is 0. The molecule has 0 aliphatic carbocycles. The van der Waals surface area contributed by atoms with Gasteiger partial charge in [-0.25, -0.2) is 0 Å². The Morgan fingerprint density at radius 3 is 2.90 bits per heavy atom. The van der Waals surface area contributed by atoms with Gasteiger partial charge in [0.25, 0.3) is 5.91 Å². The molecule has 1 aliphatic heterocycles. The third-order valence-electron chi connectivity index (χ3n) is 3.16. The van der Waals surface area contributed by atoms with Crippen molar-refractivity contribution in [3.05, 3.63) is 17.5 Å². The minimum atomic E-state index is -0.939. The van der Waals surface area contributed by atoms with E-state index < -0.39 is 12.1 Å². The number of carbonyl (C=O) groups excluding carboxylic acids is 1. The zero-order valence-electron chi connectivity index (χ0n) is 11.5. The summed E-state index contributed by atoms with van der Waals surface area (Å²) in [5.41, 5.74) is 0.726. The van der Waals surface area contributed by atoms with Crippen LogP contribution in [0.3, 0.4) is 0 Å². The molecule has 1 unspecified atom stereocenters. The van der Waals surface area contributed by atoms with Gasteiger partial charge in [0.05, 0.1) is 24.8 Å². The highest BCUT2D eigenvalue weighted by Crippen LogP contribution is 2.17. The summed E-state index contributed by atoms with van der Waals surface area (Å²) in [5.74, 6) is -0.844. The van der Waals surface area contributed by atoms with Crippen molar-refractivity contribution < 1.29 is 24.0 Å². The van der Waals surface area contributed by atoms with E-state index in [1.165, 1.54) is 0 Å². The summed E-state index contributed by atoms with van der Waals surface area (Å²) in [6.07, 6.45) is -0.588. The van der Waals surface area contributed by atoms with Gasteiger partial charge in [-0.05, 0) is 5.92 Å². The molecule has 0 saturated carbocycles. The molecule has 1 atom stereocenters. The fraction of sp³-hybridized carbons (Fsp3) is 0.615. The molecular formula is C13H18N2O5. The van der Waals surface area contributed by atoms with E-state index in [1.54, 1.807) is 11.0 Å². The normalized spacial score (nSPS) is 19.4. The molecule has 1 N–H and O–H groups in total. The van der Waals surface area contributed by atoms with Gasteiger partial charge in [0.2, 0.25) is 5.76 Å². The summed E-state index contributed by atoms with van der Waals surface area (Å²) in [7, 11) is 0. The Morgan fingerprint density at radius 2 is 2.30 bits per heavy atom. The van der Waals surface area contributed by atoms with E-state index in [0.29, 0.717) is 13.2 Å². The Balaban J connectivity index is 2.02. The van der Waals surface area contributed by atoms with Gasteiger partial charge in [-0.2, -0.15) is 0 Å². The van der Waals surface area contributed by atoms with E-state index in [9.17, 15) is 9.59 Å². The van der Waals surface area contributed by atoms with Crippen molar-refractivity contribution in [1.29, 1.82) is 0 Å². The number of carboxylic acids is 1. The predicted molar refractivity (Wildman–Crippen MR) is 68.5 cm³/mol. The topological polar surface area (TPSA) is 92.9 Å². The summed E-state index contributed by atoms with van der Waals surface area (Å²) < 4.78 is 10.4. The van der Waals surface area contributed by atoms with E-state index in [-0.39, 0.29) is 30.6 Å². The first-order valence-electron chi connectivity index (χ1n) is 6.56. The fourth-order valence-electron chi connectivity index (χ4n) is 2.04. The fourth-order valence-corrected chi connectivity index (χ4v) is 2.04. The smallest absolute Gasteiger partial charge is 0.306 e. The molecule has 2 rings (SSSR count). The van der Waals surface area contributed by atoms with Gasteiger partial charge in [-0.1, -0.05) is 19.0 Å². The van der Waals surface area contributed by atoms with Crippen molar-refractivity contribution in [2.45, 2.75) is 32.3 Å². The number of ether oxygens (including phenoxy) is 1. The Morgan fingerprint density at radius 1 is 1.55 bits per heavy atom. The molecule has 1 amide bonds. The maximum absolute atomic E-state index is 12.3. The number of nitrogens with zero attached hydrogens (tertiary/aromatic N) is 2. The number of rotatable bonds is 4. The molecule has 1 saturated heterocycles. The van der Waals surface area contributed by atoms with Gasteiger partial charge in [0.15, 0.2) is 0 Å². The van der Waals surface area contributed by atoms with Crippen LogP contribution in [-0.4, -0.2) is 52.8 Å². The van der Waals surface area contributed by atoms with Crippen molar-refractivity contribution in [3.8, 4) is 0 Å². The average Bonchev–Trinajstić information content (AvgIpc) is 2.87. The van der Waals surface area contributed by atoms with Crippen LogP contribution in [0.5, 0.6) is 0 Å². The van der Waals surface area contributed by atoms with E-state index >= 15 is 0 Å². The molecule has 1 aromatic rings. The molecule has 110 valence electrons. The van der Waals surface area contributed by atoms with Gasteiger partial charge in [-0.15, -0.1) is 0 Å². The third-order valence-corrected chi connectivity index (χ3v) is 3.16. The van der Waals surface area contributed by atoms with Crippen molar-refractivity contribution in [1.82, 2.24) is 10.1 Å². The van der Waals surface area contributed by atoms with Gasteiger partial charge < -0.3 is 19.3 Å². The highest BCUT2D eigenvalue weighted by molar-refractivity contribution is 5.91. The number of morpholine rings is 1. The second-order valence-corrected chi connectivity index (χ2v) is 5.11. The molecule has 1 aliphatic rings. The third kappa shape index (κ3) is 3.36. The Bertz CT molecular complexity index is 497. The second-order valence-electron chi connectivity index (χ2n) is 5.11. The number of hydrogen-bond donors (Lipinski definition) is 1. The van der Waals surface area contributed by atoms with Crippen molar-refractivity contribution in [2.75, 3.05) is 19.7 Å². The SMILES string of the molecule is CC(C)c1cc(C(=O)N2CCOC(CC(=O)O)C2)on1. The molecule has 7 heteroatoms. The molecule has 2 heterocycles. The first-order valence-corrected chi connectivity index (χ1v) is 6.56. The Hall–Kier alpha value is -1.89. The van der Waals surface area contributed by atoms with Crippen molar-refractivity contribution in [2.24, 2.45) is 0 Å². The standard InChI is InChI=1S/C13H18N2O5/c1-8(2)10-6-11(20-14-10)13(18)15-3-4-19-9(7-15)5-12(16)17/h6,8-9H,3-5,7H2,1-2H3,(H,16,17). The largest absolute Gasteiger partial charge is 0.481 e. The maximum atomic E-state index is 12.3. The lowest BCUT2D eigenvalue weighted by Gasteiger charge is -2.31. The number of hydrogen-bond acceptors (Lipinski definition) is 5. The van der Waals surface area contributed by atoms with Gasteiger partial charge in [0.1, 0.15) is 0 Å².